The van der Waals surface area contributed by atoms with Crippen molar-refractivity contribution in [1.29, 1.82) is 5.26 Å². The number of hydrogen-bond donors (Lipinski definition) is 0. The van der Waals surface area contributed by atoms with E-state index >= 15 is 0 Å². The van der Waals surface area contributed by atoms with Gasteiger partial charge < -0.3 is 11.8 Å². The predicted molar refractivity (Wildman–Crippen MR) is 29.4 cm³/mol. The molecule has 0 spiro atoms. The summed E-state index contributed by atoms with van der Waals surface area (Å²) in [5.74, 6) is 0. The van der Waals surface area contributed by atoms with Gasteiger partial charge in [0.05, 0.1) is 0 Å². The maximum atomic E-state index is 6.25. The summed E-state index contributed by atoms with van der Waals surface area (Å²) in [6.07, 6.45) is 1.50. The normalized spacial score (nSPS) is 2.62. The first kappa shape index (κ1) is 23.3. The minimum absolute atomic E-state index is 0. The Labute approximate surface area is 78.0 Å². The molecule has 0 aromatic carbocycles. The summed E-state index contributed by atoms with van der Waals surface area (Å²) in [6, 6.07) is 0. The van der Waals surface area contributed by atoms with Crippen LogP contribution in [0.15, 0.2) is 12.7 Å². The minimum atomic E-state index is 0. The fourth-order valence-electron chi connectivity index (χ4n) is 0. The van der Waals surface area contributed by atoms with Crippen LogP contribution in [0.25, 0.3) is 0 Å². The van der Waals surface area contributed by atoms with Gasteiger partial charge in [-0.25, -0.2) is 19.6 Å². The van der Waals surface area contributed by atoms with E-state index in [9.17, 15) is 0 Å². The van der Waals surface area contributed by atoms with E-state index < -0.39 is 0 Å². The van der Waals surface area contributed by atoms with Crippen LogP contribution in [0.5, 0.6) is 0 Å². The summed E-state index contributed by atoms with van der Waals surface area (Å²) in [6.45, 7) is 11.2. The van der Waals surface area contributed by atoms with E-state index in [1.54, 1.807) is 0 Å². The molecule has 0 aromatic rings. The Morgan fingerprint density at radius 1 is 1.62 bits per heavy atom. The molecule has 0 aliphatic carbocycles. The first-order valence-electron chi connectivity index (χ1n) is 1.31. The molecule has 1 nitrogen and oxygen atoms in total. The first-order chi connectivity index (χ1) is 3.41. The Bertz CT molecular complexity index is 40.3. The van der Waals surface area contributed by atoms with E-state index in [0.29, 0.717) is 0 Å². The Hall–Kier alpha value is 0.723. The molecule has 0 aromatic heterocycles. The molecule has 46 valence electrons. The van der Waals surface area contributed by atoms with Gasteiger partial charge in [-0.05, 0) is 0 Å². The molecule has 0 heterocycles. The third-order valence-corrected chi connectivity index (χ3v) is 0. The van der Waals surface area contributed by atoms with Crippen LogP contribution in [-0.2, 0) is 33.4 Å². The van der Waals surface area contributed by atoms with Crippen molar-refractivity contribution in [2.75, 3.05) is 0 Å². The number of nitrogens with zero attached hydrogens (tertiary/aromatic N) is 1. The molecule has 0 aliphatic rings. The molecule has 0 rings (SSSR count). The van der Waals surface area contributed by atoms with Crippen molar-refractivity contribution in [3.63, 3.8) is 0 Å². The molecule has 0 atom stereocenters. The zero-order chi connectivity index (χ0) is 6.71. The van der Waals surface area contributed by atoms with Crippen molar-refractivity contribution in [2.24, 2.45) is 0 Å². The Morgan fingerprint density at radius 3 is 1.62 bits per heavy atom. The summed E-state index contributed by atoms with van der Waals surface area (Å²) < 4.78 is 0. The van der Waals surface area contributed by atoms with Crippen molar-refractivity contribution in [3.05, 3.63) is 26.2 Å². The first-order valence-corrected chi connectivity index (χ1v) is 8.26. The topological polar surface area (TPSA) is 23.8 Å². The third kappa shape index (κ3) is 421. The van der Waals surface area contributed by atoms with Gasteiger partial charge in [0.1, 0.15) is 0 Å². The van der Waals surface area contributed by atoms with Gasteiger partial charge in [-0.2, -0.15) is 0 Å². The van der Waals surface area contributed by atoms with Crippen LogP contribution >= 0.6 is 13.6 Å². The van der Waals surface area contributed by atoms with Crippen LogP contribution in [0.3, 0.4) is 0 Å². The van der Waals surface area contributed by atoms with Crippen molar-refractivity contribution in [3.8, 4) is 0 Å². The average Bonchev–Trinajstić information content (AvgIpc) is 1.78. The van der Waals surface area contributed by atoms with E-state index in [1.165, 1.54) is 22.4 Å². The molecular formula is C4H5BrCuNZn. The van der Waals surface area contributed by atoms with Crippen molar-refractivity contribution in [1.82, 2.24) is 0 Å². The Morgan fingerprint density at radius 2 is 1.62 bits per heavy atom. The molecule has 0 amide bonds. The fraction of sp³-hybridized carbons (Fsp3) is 0. The summed E-state index contributed by atoms with van der Waals surface area (Å²) in [5, 5.41) is 6.25. The second-order valence-electron chi connectivity index (χ2n) is 0.289. The summed E-state index contributed by atoms with van der Waals surface area (Å²) in [7, 11) is 0. The fourth-order valence-corrected chi connectivity index (χ4v) is 0. The maximum absolute atomic E-state index is 6.25. The summed E-state index contributed by atoms with van der Waals surface area (Å²) >= 11 is 4.25. The molecule has 0 radical (unpaired) electrons. The molecule has 0 N–H and O–H groups in total. The van der Waals surface area contributed by atoms with E-state index in [1.807, 2.05) is 0 Å². The van der Waals surface area contributed by atoms with Gasteiger partial charge in [0.15, 0.2) is 0 Å². The quantitative estimate of drug-likeness (QED) is 0.490. The molecule has 0 bridgehead atoms. The third-order valence-electron chi connectivity index (χ3n) is 0. The predicted octanol–water partition coefficient (Wildman–Crippen LogP) is 1.94. The monoisotopic (exact) mass is 273 g/mol. The van der Waals surface area contributed by atoms with Crippen LogP contribution in [0.2, 0.25) is 0 Å². The van der Waals surface area contributed by atoms with Crippen LogP contribution in [0.1, 0.15) is 0 Å². The van der Waals surface area contributed by atoms with Crippen molar-refractivity contribution < 1.29 is 33.4 Å². The van der Waals surface area contributed by atoms with Gasteiger partial charge in [-0.15, -0.1) is 0 Å². The van der Waals surface area contributed by atoms with E-state index in [-0.39, 0.29) is 17.1 Å². The van der Waals surface area contributed by atoms with Gasteiger partial charge in [-0.1, -0.05) is 0 Å². The molecule has 0 saturated heterocycles. The molecule has 0 saturated carbocycles. The van der Waals surface area contributed by atoms with Crippen molar-refractivity contribution >= 4 is 13.6 Å². The average molecular weight is 276 g/mol. The zero-order valence-electron chi connectivity index (χ0n) is 4.33. The van der Waals surface area contributed by atoms with Gasteiger partial charge in [0, 0.05) is 0 Å². The summed E-state index contributed by atoms with van der Waals surface area (Å²) in [5.41, 5.74) is 0. The SMILES string of the molecule is C=C[CH2-].[C-]#N.[Cu+].[Zn+][Br]. The molecule has 8 heavy (non-hydrogen) atoms. The summed E-state index contributed by atoms with van der Waals surface area (Å²) in [4.78, 5) is 0. The number of hydrogen-bond acceptors (Lipinski definition) is 1. The number of rotatable bonds is 0. The van der Waals surface area contributed by atoms with Crippen molar-refractivity contribution in [2.45, 2.75) is 0 Å². The van der Waals surface area contributed by atoms with Gasteiger partial charge in [-0.3, -0.25) is 0 Å². The number of allylic oxidation sites excluding steroid dienone is 1. The second-order valence-corrected chi connectivity index (χ2v) is 0.289. The second kappa shape index (κ2) is 118. The Kier molecular flexibility index (Phi) is 343. The standard InChI is InChI=1S/C3H5.CN.BrH.Cu.Zn/c1-3-2;1-2;;;/h3H,1-2H2;;1H;;/q2*-1;;+1;+2/p-1. The van der Waals surface area contributed by atoms with Gasteiger partial charge >= 0.3 is 47.0 Å². The molecule has 0 unspecified atom stereocenters. The molecule has 0 aliphatic heterocycles. The van der Waals surface area contributed by atoms with Crippen LogP contribution in [0.4, 0.5) is 0 Å². The number of halogens is 1. The van der Waals surface area contributed by atoms with E-state index in [0.717, 1.165) is 0 Å². The molecule has 0 fully saturated rings. The van der Waals surface area contributed by atoms with Crippen LogP contribution in [-0.4, -0.2) is 0 Å². The van der Waals surface area contributed by atoms with Gasteiger partial charge in [0.2, 0.25) is 0 Å². The van der Waals surface area contributed by atoms with E-state index in [2.05, 4.69) is 27.1 Å². The van der Waals surface area contributed by atoms with E-state index in [4.69, 9.17) is 11.8 Å². The van der Waals surface area contributed by atoms with Crippen LogP contribution in [0, 0.1) is 18.8 Å². The Balaban J connectivity index is -0.0000000147. The zero-order valence-corrected chi connectivity index (χ0v) is 9.82. The van der Waals surface area contributed by atoms with Gasteiger partial charge in [0.25, 0.3) is 0 Å². The molecular weight excluding hydrogens is 271 g/mol. The molecule has 4 heteroatoms. The van der Waals surface area contributed by atoms with Crippen LogP contribution < -0.4 is 0 Å².